The molecule has 1 saturated heterocycles. The van der Waals surface area contributed by atoms with Gasteiger partial charge in [-0.05, 0) is 74.9 Å². The molecule has 132 valence electrons. The second kappa shape index (κ2) is 8.66. The van der Waals surface area contributed by atoms with Crippen molar-refractivity contribution in [2.24, 2.45) is 5.92 Å². The van der Waals surface area contributed by atoms with Gasteiger partial charge in [-0.3, -0.25) is 4.79 Å². The van der Waals surface area contributed by atoms with Gasteiger partial charge < -0.3 is 10.2 Å². The Morgan fingerprint density at radius 3 is 2.88 bits per heavy atom. The van der Waals surface area contributed by atoms with Crippen molar-refractivity contribution < 1.29 is 4.79 Å². The van der Waals surface area contributed by atoms with E-state index in [9.17, 15) is 4.79 Å². The molecule has 1 aromatic rings. The molecule has 24 heavy (non-hydrogen) atoms. The first kappa shape index (κ1) is 17.5. The normalized spacial score (nSPS) is 18.0. The summed E-state index contributed by atoms with van der Waals surface area (Å²) in [6.45, 7) is 6.76. The highest BCUT2D eigenvalue weighted by Gasteiger charge is 2.21. The molecule has 3 rings (SSSR count). The van der Waals surface area contributed by atoms with Crippen molar-refractivity contribution in [2.75, 3.05) is 31.1 Å². The third kappa shape index (κ3) is 4.38. The van der Waals surface area contributed by atoms with Crippen LogP contribution in [0.1, 0.15) is 67.8 Å². The van der Waals surface area contributed by atoms with E-state index in [1.54, 1.807) is 0 Å². The average molecular weight is 329 g/mol. The lowest BCUT2D eigenvalue weighted by atomic mass is 9.91. The number of rotatable bonds is 8. The van der Waals surface area contributed by atoms with Gasteiger partial charge in [-0.15, -0.1) is 0 Å². The number of fused-ring (bicyclic) bond motifs is 1. The summed E-state index contributed by atoms with van der Waals surface area (Å²) in [6, 6.07) is 6.41. The zero-order chi connectivity index (χ0) is 16.8. The van der Waals surface area contributed by atoms with Crippen LogP contribution in [-0.4, -0.2) is 32.0 Å². The van der Waals surface area contributed by atoms with Gasteiger partial charge in [0, 0.05) is 30.8 Å². The molecule has 0 atom stereocenters. The van der Waals surface area contributed by atoms with Gasteiger partial charge in [0.1, 0.15) is 0 Å². The van der Waals surface area contributed by atoms with E-state index in [2.05, 4.69) is 35.3 Å². The molecular formula is C21H32N2O. The number of ketones is 1. The first-order valence-corrected chi connectivity index (χ1v) is 9.89. The number of unbranched alkanes of at least 4 members (excludes halogenated alkanes) is 2. The maximum Gasteiger partial charge on any atom is 0.162 e. The number of benzene rings is 1. The van der Waals surface area contributed by atoms with Gasteiger partial charge in [0.2, 0.25) is 0 Å². The van der Waals surface area contributed by atoms with Crippen LogP contribution in [0.3, 0.4) is 0 Å². The Bertz CT molecular complexity index is 549. The Labute approximate surface area is 146 Å². The van der Waals surface area contributed by atoms with Crippen LogP contribution in [0.4, 0.5) is 5.69 Å². The molecule has 3 heteroatoms. The van der Waals surface area contributed by atoms with E-state index in [4.69, 9.17) is 0 Å². The largest absolute Gasteiger partial charge is 0.371 e. The first-order chi connectivity index (χ1) is 11.8. The first-order valence-electron chi connectivity index (χ1n) is 9.89. The van der Waals surface area contributed by atoms with Crippen molar-refractivity contribution >= 4 is 11.5 Å². The summed E-state index contributed by atoms with van der Waals surface area (Å²) in [5.41, 5.74) is 3.67. The minimum atomic E-state index is 0.334. The van der Waals surface area contributed by atoms with Gasteiger partial charge in [0.25, 0.3) is 0 Å². The second-order valence-corrected chi connectivity index (χ2v) is 7.44. The van der Waals surface area contributed by atoms with E-state index in [1.807, 2.05) is 0 Å². The summed E-state index contributed by atoms with van der Waals surface area (Å²) < 4.78 is 0. The van der Waals surface area contributed by atoms with Gasteiger partial charge >= 0.3 is 0 Å². The number of Topliss-reactive ketones (excluding diaryl/α,β-unsaturated/α-hetero) is 1. The minimum Gasteiger partial charge on any atom is -0.371 e. The fourth-order valence-electron chi connectivity index (χ4n) is 4.08. The van der Waals surface area contributed by atoms with E-state index in [0.717, 1.165) is 50.5 Å². The Morgan fingerprint density at radius 1 is 1.25 bits per heavy atom. The van der Waals surface area contributed by atoms with Crippen LogP contribution in [0.25, 0.3) is 0 Å². The number of hydrogen-bond acceptors (Lipinski definition) is 3. The molecule has 1 fully saturated rings. The zero-order valence-corrected chi connectivity index (χ0v) is 15.2. The highest BCUT2D eigenvalue weighted by atomic mass is 16.1. The molecule has 0 bridgehead atoms. The fraction of sp³-hybridized carbons (Fsp3) is 0.667. The molecule has 1 N–H and O–H groups in total. The number of piperidine rings is 1. The lowest BCUT2D eigenvalue weighted by molar-refractivity contribution is 0.0970. The van der Waals surface area contributed by atoms with Gasteiger partial charge in [0.05, 0.1) is 0 Å². The van der Waals surface area contributed by atoms with E-state index < -0.39 is 0 Å². The van der Waals surface area contributed by atoms with E-state index in [0.29, 0.717) is 12.2 Å². The van der Waals surface area contributed by atoms with Crippen LogP contribution in [0.2, 0.25) is 0 Å². The smallest absolute Gasteiger partial charge is 0.162 e. The summed E-state index contributed by atoms with van der Waals surface area (Å²) in [4.78, 5) is 15.0. The molecule has 3 nitrogen and oxygen atoms in total. The highest BCUT2D eigenvalue weighted by Crippen LogP contribution is 2.30. The monoisotopic (exact) mass is 328 g/mol. The number of carbonyl (C=O) groups is 1. The molecule has 0 aliphatic carbocycles. The van der Waals surface area contributed by atoms with Crippen molar-refractivity contribution in [1.82, 2.24) is 5.32 Å². The number of anilines is 1. The third-order valence-corrected chi connectivity index (χ3v) is 5.66. The maximum absolute atomic E-state index is 12.6. The molecule has 0 spiro atoms. The van der Waals surface area contributed by atoms with Crippen LogP contribution in [0.5, 0.6) is 0 Å². The third-order valence-electron chi connectivity index (χ3n) is 5.66. The Morgan fingerprint density at radius 2 is 2.08 bits per heavy atom. The van der Waals surface area contributed by atoms with Crippen molar-refractivity contribution in [3.8, 4) is 0 Å². The summed E-state index contributed by atoms with van der Waals surface area (Å²) in [7, 11) is 0. The highest BCUT2D eigenvalue weighted by molar-refractivity contribution is 5.96. The van der Waals surface area contributed by atoms with Crippen LogP contribution in [0.15, 0.2) is 18.2 Å². The molecule has 2 heterocycles. The van der Waals surface area contributed by atoms with E-state index >= 15 is 0 Å². The summed E-state index contributed by atoms with van der Waals surface area (Å²) in [5.74, 6) is 1.07. The lowest BCUT2D eigenvalue weighted by Crippen LogP contribution is -2.28. The van der Waals surface area contributed by atoms with Crippen LogP contribution in [0, 0.1) is 5.92 Å². The Kier molecular flexibility index (Phi) is 6.30. The number of hydrogen-bond donors (Lipinski definition) is 1. The van der Waals surface area contributed by atoms with Gasteiger partial charge in [0.15, 0.2) is 5.78 Å². The minimum absolute atomic E-state index is 0.334. The molecule has 1 aromatic carbocycles. The van der Waals surface area contributed by atoms with Crippen LogP contribution < -0.4 is 10.2 Å². The SMILES string of the molecule is CCCCCN1CCc2cc(C(=O)CCC3CCNCC3)ccc21. The van der Waals surface area contributed by atoms with Crippen LogP contribution >= 0.6 is 0 Å². The van der Waals surface area contributed by atoms with E-state index in [1.165, 1.54) is 43.4 Å². The number of nitrogens with zero attached hydrogens (tertiary/aromatic N) is 1. The summed E-state index contributed by atoms with van der Waals surface area (Å²) in [6.07, 6.45) is 9.16. The summed E-state index contributed by atoms with van der Waals surface area (Å²) >= 11 is 0. The molecule has 0 saturated carbocycles. The standard InChI is InChI=1S/C21H32N2O/c1-2-3-4-14-23-15-11-18-16-19(6-7-20(18)23)21(24)8-5-17-9-12-22-13-10-17/h6-7,16-17,22H,2-5,8-15H2,1H3. The topological polar surface area (TPSA) is 32.3 Å². The summed E-state index contributed by atoms with van der Waals surface area (Å²) in [5, 5.41) is 3.39. The van der Waals surface area contributed by atoms with Gasteiger partial charge in [-0.25, -0.2) is 0 Å². The van der Waals surface area contributed by atoms with Gasteiger partial charge in [-0.2, -0.15) is 0 Å². The van der Waals surface area contributed by atoms with Crippen molar-refractivity contribution in [1.29, 1.82) is 0 Å². The molecule has 0 radical (unpaired) electrons. The second-order valence-electron chi connectivity index (χ2n) is 7.44. The lowest BCUT2D eigenvalue weighted by Gasteiger charge is -2.22. The molecule has 2 aliphatic rings. The molecule has 0 unspecified atom stereocenters. The van der Waals surface area contributed by atoms with Gasteiger partial charge in [-0.1, -0.05) is 19.8 Å². The number of nitrogens with one attached hydrogen (secondary N) is 1. The molecule has 2 aliphatic heterocycles. The predicted octanol–water partition coefficient (Wildman–Crippen LogP) is 4.20. The van der Waals surface area contributed by atoms with Crippen LogP contribution in [-0.2, 0) is 6.42 Å². The average Bonchev–Trinajstić information content (AvgIpc) is 3.03. The number of carbonyl (C=O) groups excluding carboxylic acids is 1. The fourth-order valence-corrected chi connectivity index (χ4v) is 4.08. The molecular weight excluding hydrogens is 296 g/mol. The van der Waals surface area contributed by atoms with Crippen molar-refractivity contribution in [3.05, 3.63) is 29.3 Å². The maximum atomic E-state index is 12.6. The zero-order valence-electron chi connectivity index (χ0n) is 15.2. The Hall–Kier alpha value is -1.35. The quantitative estimate of drug-likeness (QED) is 0.573. The van der Waals surface area contributed by atoms with E-state index in [-0.39, 0.29) is 0 Å². The molecule has 0 aromatic heterocycles. The van der Waals surface area contributed by atoms with Crippen molar-refractivity contribution in [3.63, 3.8) is 0 Å². The Balaban J connectivity index is 1.54. The molecule has 0 amide bonds. The van der Waals surface area contributed by atoms with Crippen molar-refractivity contribution in [2.45, 2.75) is 58.3 Å². The predicted molar refractivity (Wildman–Crippen MR) is 101 cm³/mol.